The van der Waals surface area contributed by atoms with Crippen LogP contribution in [-0.2, 0) is 0 Å². The molecule has 0 amide bonds. The first-order chi connectivity index (χ1) is 14.0. The second kappa shape index (κ2) is 7.25. The topological polar surface area (TPSA) is 126 Å². The molecule has 0 saturated heterocycles. The van der Waals surface area contributed by atoms with Gasteiger partial charge in [-0.05, 0) is 24.3 Å². The average molecular weight is 384 g/mol. The fraction of sp³-hybridized carbons (Fsp3) is 0. The Hall–Kier alpha value is -4.51. The molecule has 0 atom stereocenters. The van der Waals surface area contributed by atoms with Crippen LogP contribution in [0.4, 0.5) is 5.69 Å². The zero-order valence-corrected chi connectivity index (χ0v) is 14.8. The standard InChI is InChI=1S/C21H12N4O4/c22-12-14(20-23-18-7-2-1-6-17(18)21(26)24-20)11-16-8-9-19(29-16)13-4-3-5-15(10-13)25(27)28/h1-11H,(H,23,24,26). The first-order valence-corrected chi connectivity index (χ1v) is 8.51. The number of non-ortho nitro benzene ring substituents is 1. The van der Waals surface area contributed by atoms with Crippen molar-refractivity contribution in [2.45, 2.75) is 0 Å². The van der Waals surface area contributed by atoms with Crippen molar-refractivity contribution in [1.29, 1.82) is 5.26 Å². The number of hydrogen-bond acceptors (Lipinski definition) is 6. The molecule has 2 aromatic carbocycles. The summed E-state index contributed by atoms with van der Waals surface area (Å²) in [5.74, 6) is 0.889. The third-order valence-electron chi connectivity index (χ3n) is 4.24. The number of nitro benzene ring substituents is 1. The Balaban J connectivity index is 1.72. The summed E-state index contributed by atoms with van der Waals surface area (Å²) >= 11 is 0. The number of aromatic amines is 1. The molecule has 0 aliphatic heterocycles. The largest absolute Gasteiger partial charge is 0.457 e. The molecule has 4 aromatic rings. The Labute approximate surface area is 163 Å². The van der Waals surface area contributed by atoms with Crippen LogP contribution in [0.15, 0.2) is 69.9 Å². The van der Waals surface area contributed by atoms with Crippen LogP contribution in [0.1, 0.15) is 11.6 Å². The lowest BCUT2D eigenvalue weighted by Crippen LogP contribution is -2.11. The number of allylic oxidation sites excluding steroid dienone is 1. The van der Waals surface area contributed by atoms with Crippen LogP contribution in [0.3, 0.4) is 0 Å². The van der Waals surface area contributed by atoms with Gasteiger partial charge in [-0.3, -0.25) is 14.9 Å². The van der Waals surface area contributed by atoms with Crippen LogP contribution in [0.25, 0.3) is 33.9 Å². The predicted octanol–water partition coefficient (Wildman–Crippen LogP) is 4.16. The van der Waals surface area contributed by atoms with Gasteiger partial charge in [-0.1, -0.05) is 24.3 Å². The zero-order valence-electron chi connectivity index (χ0n) is 14.8. The maximum Gasteiger partial charge on any atom is 0.270 e. The number of benzene rings is 2. The van der Waals surface area contributed by atoms with Crippen molar-refractivity contribution >= 4 is 28.2 Å². The van der Waals surface area contributed by atoms with Gasteiger partial charge in [0.25, 0.3) is 11.2 Å². The first-order valence-electron chi connectivity index (χ1n) is 8.51. The van der Waals surface area contributed by atoms with Gasteiger partial charge >= 0.3 is 0 Å². The van der Waals surface area contributed by atoms with E-state index < -0.39 is 4.92 Å². The van der Waals surface area contributed by atoms with Crippen molar-refractivity contribution in [1.82, 2.24) is 9.97 Å². The Bertz CT molecular complexity index is 1380. The third-order valence-corrected chi connectivity index (χ3v) is 4.24. The fourth-order valence-electron chi connectivity index (χ4n) is 2.87. The molecule has 0 aliphatic carbocycles. The van der Waals surface area contributed by atoms with E-state index in [1.165, 1.54) is 18.2 Å². The number of hydrogen-bond donors (Lipinski definition) is 1. The molecular weight excluding hydrogens is 372 g/mol. The highest BCUT2D eigenvalue weighted by Crippen LogP contribution is 2.27. The first kappa shape index (κ1) is 17.9. The molecule has 2 aromatic heterocycles. The minimum Gasteiger partial charge on any atom is -0.457 e. The Morgan fingerprint density at radius 3 is 2.79 bits per heavy atom. The molecule has 0 spiro atoms. The van der Waals surface area contributed by atoms with Gasteiger partial charge in [0.2, 0.25) is 0 Å². The summed E-state index contributed by atoms with van der Waals surface area (Å²) in [6.07, 6.45) is 1.45. The van der Waals surface area contributed by atoms with Crippen LogP contribution in [0.5, 0.6) is 0 Å². The minimum atomic E-state index is -0.483. The van der Waals surface area contributed by atoms with Gasteiger partial charge in [0.1, 0.15) is 17.6 Å². The number of nitro groups is 1. The molecule has 29 heavy (non-hydrogen) atoms. The molecule has 0 radical (unpaired) electrons. The molecular formula is C21H12N4O4. The zero-order chi connectivity index (χ0) is 20.4. The summed E-state index contributed by atoms with van der Waals surface area (Å²) in [6.45, 7) is 0. The van der Waals surface area contributed by atoms with Crippen LogP contribution >= 0.6 is 0 Å². The van der Waals surface area contributed by atoms with Crippen molar-refractivity contribution in [3.8, 4) is 17.4 Å². The van der Waals surface area contributed by atoms with E-state index in [0.717, 1.165) is 0 Å². The van der Waals surface area contributed by atoms with Crippen molar-refractivity contribution in [3.63, 3.8) is 0 Å². The van der Waals surface area contributed by atoms with Gasteiger partial charge in [0.05, 0.1) is 21.4 Å². The number of nitriles is 1. The van der Waals surface area contributed by atoms with E-state index in [1.54, 1.807) is 48.5 Å². The van der Waals surface area contributed by atoms with Crippen molar-refractivity contribution in [3.05, 3.63) is 92.7 Å². The summed E-state index contributed by atoms with van der Waals surface area (Å²) < 4.78 is 5.71. The third kappa shape index (κ3) is 3.52. The molecule has 0 aliphatic rings. The van der Waals surface area contributed by atoms with Crippen molar-refractivity contribution in [2.75, 3.05) is 0 Å². The SMILES string of the molecule is N#CC(=Cc1ccc(-c2cccc([N+](=O)[O-])c2)o1)c1nc2ccccc2c(=O)[nH]1. The summed E-state index contributed by atoms with van der Waals surface area (Å²) in [5.41, 5.74) is 0.738. The molecule has 8 nitrogen and oxygen atoms in total. The lowest BCUT2D eigenvalue weighted by molar-refractivity contribution is -0.384. The number of aromatic nitrogens is 2. The quantitative estimate of drug-likeness (QED) is 0.320. The highest BCUT2D eigenvalue weighted by molar-refractivity contribution is 5.88. The maximum absolute atomic E-state index is 12.2. The molecule has 0 unspecified atom stereocenters. The molecule has 0 saturated carbocycles. The smallest absolute Gasteiger partial charge is 0.270 e. The summed E-state index contributed by atoms with van der Waals surface area (Å²) in [5, 5.41) is 20.9. The lowest BCUT2D eigenvalue weighted by Gasteiger charge is -2.01. The summed E-state index contributed by atoms with van der Waals surface area (Å²) in [6, 6.07) is 18.2. The van der Waals surface area contributed by atoms with E-state index in [-0.39, 0.29) is 22.6 Å². The van der Waals surface area contributed by atoms with E-state index in [4.69, 9.17) is 4.42 Å². The van der Waals surface area contributed by atoms with Gasteiger partial charge in [0, 0.05) is 23.8 Å². The van der Waals surface area contributed by atoms with Crippen molar-refractivity contribution < 1.29 is 9.34 Å². The molecule has 1 N–H and O–H groups in total. The molecule has 0 bridgehead atoms. The van der Waals surface area contributed by atoms with E-state index >= 15 is 0 Å². The molecule has 4 rings (SSSR count). The predicted molar refractivity (Wildman–Crippen MR) is 107 cm³/mol. The van der Waals surface area contributed by atoms with Crippen LogP contribution in [0, 0.1) is 21.4 Å². The Morgan fingerprint density at radius 1 is 1.17 bits per heavy atom. The summed E-state index contributed by atoms with van der Waals surface area (Å²) in [7, 11) is 0. The second-order valence-corrected chi connectivity index (χ2v) is 6.11. The van der Waals surface area contributed by atoms with Gasteiger partial charge in [0.15, 0.2) is 5.82 Å². The maximum atomic E-state index is 12.2. The van der Waals surface area contributed by atoms with E-state index in [9.17, 15) is 20.2 Å². The number of H-pyrrole nitrogens is 1. The highest BCUT2D eigenvalue weighted by Gasteiger charge is 2.12. The fourth-order valence-corrected chi connectivity index (χ4v) is 2.87. The average Bonchev–Trinajstić information content (AvgIpc) is 3.21. The number of rotatable bonds is 4. The number of fused-ring (bicyclic) bond motifs is 1. The molecule has 0 fully saturated rings. The normalized spacial score (nSPS) is 11.3. The molecule has 8 heteroatoms. The van der Waals surface area contributed by atoms with Crippen molar-refractivity contribution in [2.24, 2.45) is 0 Å². The Morgan fingerprint density at radius 2 is 2.00 bits per heavy atom. The molecule has 2 heterocycles. The van der Waals surface area contributed by atoms with E-state index in [2.05, 4.69) is 9.97 Å². The lowest BCUT2D eigenvalue weighted by atomic mass is 10.1. The van der Waals surface area contributed by atoms with Crippen LogP contribution in [0.2, 0.25) is 0 Å². The minimum absolute atomic E-state index is 0.0494. The van der Waals surface area contributed by atoms with E-state index in [0.29, 0.717) is 28.0 Å². The number of nitrogens with one attached hydrogen (secondary N) is 1. The van der Waals surface area contributed by atoms with Crippen LogP contribution < -0.4 is 5.56 Å². The van der Waals surface area contributed by atoms with Crippen LogP contribution in [-0.4, -0.2) is 14.9 Å². The number of para-hydroxylation sites is 1. The summed E-state index contributed by atoms with van der Waals surface area (Å²) in [4.78, 5) is 29.6. The van der Waals surface area contributed by atoms with Gasteiger partial charge in [-0.2, -0.15) is 5.26 Å². The van der Waals surface area contributed by atoms with E-state index in [1.807, 2.05) is 6.07 Å². The Kier molecular flexibility index (Phi) is 4.47. The highest BCUT2D eigenvalue weighted by atomic mass is 16.6. The number of furan rings is 1. The molecule has 140 valence electrons. The monoisotopic (exact) mass is 384 g/mol. The van der Waals surface area contributed by atoms with Gasteiger partial charge in [-0.15, -0.1) is 0 Å². The number of nitrogens with zero attached hydrogens (tertiary/aromatic N) is 3. The second-order valence-electron chi connectivity index (χ2n) is 6.11. The van der Waals surface area contributed by atoms with Gasteiger partial charge in [-0.25, -0.2) is 4.98 Å². The van der Waals surface area contributed by atoms with Gasteiger partial charge < -0.3 is 9.40 Å².